The maximum Gasteiger partial charge on any atom is 0.333 e. The summed E-state index contributed by atoms with van der Waals surface area (Å²) in [6.45, 7) is 28.4. The Hall–Kier alpha value is -6.80. The van der Waals surface area contributed by atoms with Gasteiger partial charge in [-0.05, 0) is 34.1 Å². The Labute approximate surface area is 435 Å². The second kappa shape index (κ2) is 59.8. The quantitative estimate of drug-likeness (QED) is 0.0373. The molecule has 0 aliphatic rings. The fourth-order valence-electron chi connectivity index (χ4n) is 1.67. The first-order valence-corrected chi connectivity index (χ1v) is 20.7. The van der Waals surface area contributed by atoms with Gasteiger partial charge in [0.2, 0.25) is 0 Å². The Morgan fingerprint density at radius 3 is 0.680 bits per heavy atom. The topological polar surface area (TPSA) is 519 Å². The van der Waals surface area contributed by atoms with E-state index in [1.165, 1.54) is 27.7 Å². The van der Waals surface area contributed by atoms with Crippen molar-refractivity contribution in [2.45, 2.75) is 47.1 Å². The van der Waals surface area contributed by atoms with Gasteiger partial charge in [-0.3, -0.25) is 0 Å². The minimum absolute atomic E-state index is 0.156. The van der Waals surface area contributed by atoms with E-state index in [1.54, 1.807) is 0 Å². The van der Waals surface area contributed by atoms with Crippen molar-refractivity contribution in [2.75, 3.05) is 85.9 Å². The molecular formula is C47H82O28. The molecule has 0 heterocycles. The summed E-state index contributed by atoms with van der Waals surface area (Å²) in [4.78, 5) is 78.0. The summed E-state index contributed by atoms with van der Waals surface area (Å²) in [5.41, 5.74) is -2.12. The minimum atomic E-state index is -1.11. The summed E-state index contributed by atoms with van der Waals surface area (Å²) in [6.07, 6.45) is 3.03. The highest BCUT2D eigenvalue weighted by Crippen LogP contribution is 2.18. The summed E-state index contributed by atoms with van der Waals surface area (Å²) in [7, 11) is 0. The highest BCUT2D eigenvalue weighted by Gasteiger charge is 2.27. The van der Waals surface area contributed by atoms with Gasteiger partial charge in [0.15, 0.2) is 0 Å². The first-order chi connectivity index (χ1) is 34.4. The molecule has 75 heavy (non-hydrogen) atoms. The zero-order valence-electron chi connectivity index (χ0n) is 43.1. The molecule has 0 aromatic rings. The molecule has 0 aliphatic carbocycles. The van der Waals surface area contributed by atoms with Gasteiger partial charge in [-0.2, -0.15) is 0 Å². The number of carbonyl (C=O) groups is 8. The van der Waals surface area contributed by atoms with E-state index in [1.807, 2.05) is 6.92 Å². The third-order valence-electron chi connectivity index (χ3n) is 7.40. The average molecular weight is 1100 g/mol. The lowest BCUT2D eigenvalue weighted by Gasteiger charge is -2.24. The summed E-state index contributed by atoms with van der Waals surface area (Å²) in [5.74, 6) is -6.98. The number of carboxylic acids is 6. The molecular weight excluding hydrogens is 1010 g/mol. The molecule has 0 radical (unpaired) electrons. The molecule has 0 spiro atoms. The number of rotatable bonds is 24. The predicted molar refractivity (Wildman–Crippen MR) is 269 cm³/mol. The van der Waals surface area contributed by atoms with Gasteiger partial charge in [0, 0.05) is 52.0 Å². The van der Waals surface area contributed by atoms with Crippen molar-refractivity contribution in [3.63, 3.8) is 0 Å². The molecule has 0 amide bonds. The highest BCUT2D eigenvalue weighted by atomic mass is 16.6. The number of aliphatic hydroxyl groups is 12. The van der Waals surface area contributed by atoms with Crippen LogP contribution in [0, 0.1) is 16.2 Å². The number of ether oxygens (including phenoxy) is 2. The van der Waals surface area contributed by atoms with Crippen LogP contribution in [0.2, 0.25) is 0 Å². The Morgan fingerprint density at radius 2 is 0.587 bits per heavy atom. The summed E-state index contributed by atoms with van der Waals surface area (Å²) in [5, 5.41) is 150. The van der Waals surface area contributed by atoms with E-state index in [4.69, 9.17) is 86.8 Å². The Morgan fingerprint density at radius 1 is 0.400 bits per heavy atom. The van der Waals surface area contributed by atoms with Gasteiger partial charge in [0.1, 0.15) is 19.3 Å². The first kappa shape index (κ1) is 90.9. The van der Waals surface area contributed by atoms with Crippen molar-refractivity contribution in [2.24, 2.45) is 16.2 Å². The van der Waals surface area contributed by atoms with E-state index in [-0.39, 0.29) is 55.3 Å². The number of hydrogen-bond acceptors (Lipinski definition) is 22. The molecule has 1 unspecified atom stereocenters. The van der Waals surface area contributed by atoms with Gasteiger partial charge >= 0.3 is 47.8 Å². The van der Waals surface area contributed by atoms with Gasteiger partial charge in [0.05, 0.1) is 83.5 Å². The number of carbonyl (C=O) groups excluding carboxylic acids is 2. The number of hydrogen-bond donors (Lipinski definition) is 18. The minimum Gasteiger partial charge on any atom is -0.478 e. The molecule has 28 nitrogen and oxygen atoms in total. The van der Waals surface area contributed by atoms with E-state index in [0.29, 0.717) is 6.42 Å². The molecule has 0 bridgehead atoms. The van der Waals surface area contributed by atoms with Crippen LogP contribution in [-0.4, -0.2) is 232 Å². The van der Waals surface area contributed by atoms with Crippen LogP contribution in [0.5, 0.6) is 0 Å². The van der Waals surface area contributed by atoms with Gasteiger partial charge < -0.3 is 101 Å². The van der Waals surface area contributed by atoms with Crippen LogP contribution in [0.1, 0.15) is 41.0 Å². The molecule has 438 valence electrons. The summed E-state index contributed by atoms with van der Waals surface area (Å²) in [6, 6.07) is 0. The fraction of sp³-hybridized carbons (Fsp3) is 0.489. The lowest BCUT2D eigenvalue weighted by atomic mass is 9.88. The molecule has 0 saturated carbocycles. The predicted octanol–water partition coefficient (Wildman–Crippen LogP) is -1.85. The smallest absolute Gasteiger partial charge is 0.333 e. The zero-order valence-corrected chi connectivity index (χ0v) is 43.1. The summed E-state index contributed by atoms with van der Waals surface area (Å²) >= 11 is 0. The van der Waals surface area contributed by atoms with E-state index >= 15 is 0 Å². The zero-order chi connectivity index (χ0) is 62.1. The van der Waals surface area contributed by atoms with Crippen molar-refractivity contribution in [1.82, 2.24) is 0 Å². The van der Waals surface area contributed by atoms with E-state index in [2.05, 4.69) is 62.1 Å². The number of carboxylic acid groups (broad SMARTS) is 6. The third-order valence-corrected chi connectivity index (χ3v) is 7.40. The highest BCUT2D eigenvalue weighted by molar-refractivity contribution is 5.87. The van der Waals surface area contributed by atoms with Gasteiger partial charge in [-0.15, -0.1) is 0 Å². The molecule has 28 heteroatoms. The second-order valence-electron chi connectivity index (χ2n) is 14.3. The van der Waals surface area contributed by atoms with Crippen molar-refractivity contribution < 1.29 is 140 Å². The Kier molecular flexibility index (Phi) is 72.4. The van der Waals surface area contributed by atoms with Crippen LogP contribution in [-0.2, 0) is 47.8 Å². The number of aliphatic carboxylic acids is 6. The van der Waals surface area contributed by atoms with Crippen LogP contribution >= 0.6 is 0 Å². The first-order valence-electron chi connectivity index (χ1n) is 20.7. The van der Waals surface area contributed by atoms with Crippen LogP contribution < -0.4 is 0 Å². The third kappa shape index (κ3) is 71.5. The maximum atomic E-state index is 10.9. The van der Waals surface area contributed by atoms with Gasteiger partial charge in [-0.25, -0.2) is 38.4 Å². The van der Waals surface area contributed by atoms with Crippen molar-refractivity contribution in [3.05, 3.63) is 99.2 Å². The standard InChI is InChI=1S/C10H14O5.C6H14O3.2C5H12O4.3C4H6O2.3C3H4O2/c1-4-9(12)14-5-8(11)6-15-10(13)7(2)3;1-2-6(3-7,4-8)5-9;2*6-1-5(2-7,3-8)4-9;3*1-3(2)4(5)6;3*1-2-3(4)5/h4,8,11H,1-2,5-6H2,3H3;7-9H,2-5H2,1H3;2*6-9H,1-4H2;3*1H2,2H3,(H,5,6);3*2H,1H2,(H,4,5). The SMILES string of the molecule is C=C(C)C(=O)O.C=C(C)C(=O)O.C=C(C)C(=O)O.C=CC(=O)O.C=CC(=O)O.C=CC(=O)O.C=CC(=O)OCC(O)COC(=O)C(=C)C.CCC(CO)(CO)CO.OCC(CO)(CO)CO.OCC(CO)(CO)CO. The van der Waals surface area contributed by atoms with Gasteiger partial charge in [0.25, 0.3) is 0 Å². The molecule has 0 aromatic heterocycles. The van der Waals surface area contributed by atoms with Crippen LogP contribution in [0.25, 0.3) is 0 Å². The Bertz CT molecular complexity index is 1440. The molecule has 0 aromatic carbocycles. The Balaban J connectivity index is -0.0000000801. The lowest BCUT2D eigenvalue weighted by molar-refractivity contribution is -0.147. The summed E-state index contributed by atoms with van der Waals surface area (Å²) < 4.78 is 9.15. The van der Waals surface area contributed by atoms with Gasteiger partial charge in [-0.1, -0.05) is 59.6 Å². The van der Waals surface area contributed by atoms with Crippen molar-refractivity contribution in [3.8, 4) is 0 Å². The van der Waals surface area contributed by atoms with Crippen molar-refractivity contribution in [1.29, 1.82) is 0 Å². The van der Waals surface area contributed by atoms with Crippen LogP contribution in [0.3, 0.4) is 0 Å². The van der Waals surface area contributed by atoms with Crippen LogP contribution in [0.15, 0.2) is 99.2 Å². The number of aliphatic hydroxyl groups excluding tert-OH is 12. The van der Waals surface area contributed by atoms with E-state index < -0.39 is 123 Å². The molecule has 1 atom stereocenters. The normalized spacial score (nSPS) is 9.67. The van der Waals surface area contributed by atoms with Crippen molar-refractivity contribution >= 4 is 47.8 Å². The van der Waals surface area contributed by atoms with E-state index in [9.17, 15) is 43.5 Å². The average Bonchev–Trinajstić information content (AvgIpc) is 3.38. The fourth-order valence-corrected chi connectivity index (χ4v) is 1.67. The van der Waals surface area contributed by atoms with Crippen LogP contribution in [0.4, 0.5) is 0 Å². The second-order valence-corrected chi connectivity index (χ2v) is 14.3. The number of esters is 2. The largest absolute Gasteiger partial charge is 0.478 e. The lowest BCUT2D eigenvalue weighted by Crippen LogP contribution is -2.37. The molecule has 0 rings (SSSR count). The molecule has 18 N–H and O–H groups in total. The monoisotopic (exact) mass is 1090 g/mol. The van der Waals surface area contributed by atoms with E-state index in [0.717, 1.165) is 24.3 Å². The molecule has 0 aliphatic heterocycles. The maximum absolute atomic E-state index is 10.9. The molecule has 0 fully saturated rings. The molecule has 0 saturated heterocycles.